The van der Waals surface area contributed by atoms with Crippen LogP contribution in [0.4, 0.5) is 0 Å². The molecule has 1 saturated heterocycles. The SMILES string of the molecule is COC(=O)C[C@@H]1O[C@@H](OC)[C@H](C)[C@H](OC)[C@@H]1C. The van der Waals surface area contributed by atoms with Crippen molar-refractivity contribution in [1.29, 1.82) is 0 Å². The first-order valence-electron chi connectivity index (χ1n) is 5.83. The Morgan fingerprint density at radius 1 is 1.12 bits per heavy atom. The van der Waals surface area contributed by atoms with E-state index in [4.69, 9.17) is 14.2 Å². The molecule has 1 aliphatic heterocycles. The maximum Gasteiger partial charge on any atom is 0.308 e. The maximum atomic E-state index is 11.3. The van der Waals surface area contributed by atoms with Gasteiger partial charge in [0.15, 0.2) is 6.29 Å². The van der Waals surface area contributed by atoms with Gasteiger partial charge in [-0.1, -0.05) is 13.8 Å². The van der Waals surface area contributed by atoms with Gasteiger partial charge in [0.1, 0.15) is 0 Å². The van der Waals surface area contributed by atoms with Crippen molar-refractivity contribution in [3.63, 3.8) is 0 Å². The lowest BCUT2D eigenvalue weighted by atomic mass is 9.84. The molecule has 0 unspecified atom stereocenters. The minimum absolute atomic E-state index is 0.0170. The van der Waals surface area contributed by atoms with E-state index < -0.39 is 0 Å². The van der Waals surface area contributed by atoms with Crippen molar-refractivity contribution in [2.45, 2.75) is 38.8 Å². The van der Waals surface area contributed by atoms with Crippen LogP contribution >= 0.6 is 0 Å². The summed E-state index contributed by atoms with van der Waals surface area (Å²) in [7, 11) is 4.64. The Morgan fingerprint density at radius 2 is 1.76 bits per heavy atom. The molecule has 1 fully saturated rings. The average molecular weight is 246 g/mol. The molecule has 0 aromatic rings. The molecule has 17 heavy (non-hydrogen) atoms. The largest absolute Gasteiger partial charge is 0.469 e. The van der Waals surface area contributed by atoms with Gasteiger partial charge in [-0.25, -0.2) is 0 Å². The molecule has 100 valence electrons. The molecular formula is C12H22O5. The Hall–Kier alpha value is -0.650. The summed E-state index contributed by atoms with van der Waals surface area (Å²) >= 11 is 0. The van der Waals surface area contributed by atoms with Gasteiger partial charge in [-0.15, -0.1) is 0 Å². The standard InChI is InChI=1S/C12H22O5/c1-7-9(6-10(13)14-3)17-12(16-5)8(2)11(7)15-4/h7-9,11-12H,6H2,1-5H3/t7-,8-,9+,11-,12-/m1/s1. The van der Waals surface area contributed by atoms with Crippen molar-refractivity contribution in [1.82, 2.24) is 0 Å². The van der Waals surface area contributed by atoms with Crippen molar-refractivity contribution in [3.8, 4) is 0 Å². The van der Waals surface area contributed by atoms with Crippen LogP contribution in [-0.4, -0.2) is 45.8 Å². The van der Waals surface area contributed by atoms with E-state index in [2.05, 4.69) is 4.74 Å². The van der Waals surface area contributed by atoms with Gasteiger partial charge in [0.25, 0.3) is 0 Å². The van der Waals surface area contributed by atoms with Crippen molar-refractivity contribution < 1.29 is 23.7 Å². The van der Waals surface area contributed by atoms with Gasteiger partial charge in [0.2, 0.25) is 0 Å². The monoisotopic (exact) mass is 246 g/mol. The highest BCUT2D eigenvalue weighted by atomic mass is 16.7. The molecule has 0 aromatic heterocycles. The van der Waals surface area contributed by atoms with Crippen molar-refractivity contribution >= 4 is 5.97 Å². The molecule has 1 aliphatic rings. The van der Waals surface area contributed by atoms with Gasteiger partial charge < -0.3 is 18.9 Å². The van der Waals surface area contributed by atoms with Gasteiger partial charge >= 0.3 is 5.97 Å². The molecule has 0 spiro atoms. The number of esters is 1. The first-order valence-corrected chi connectivity index (χ1v) is 5.83. The minimum atomic E-state index is -0.342. The summed E-state index contributed by atoms with van der Waals surface area (Å²) in [4.78, 5) is 11.3. The summed E-state index contributed by atoms with van der Waals surface area (Å²) in [5.41, 5.74) is 0. The molecule has 0 radical (unpaired) electrons. The van der Waals surface area contributed by atoms with E-state index >= 15 is 0 Å². The van der Waals surface area contributed by atoms with Gasteiger partial charge in [-0.05, 0) is 0 Å². The van der Waals surface area contributed by atoms with Crippen molar-refractivity contribution in [3.05, 3.63) is 0 Å². The van der Waals surface area contributed by atoms with Crippen LogP contribution in [0.3, 0.4) is 0 Å². The molecule has 1 heterocycles. The Bertz CT molecular complexity index is 255. The third-order valence-corrected chi connectivity index (χ3v) is 3.46. The number of ether oxygens (including phenoxy) is 4. The highest BCUT2D eigenvalue weighted by Crippen LogP contribution is 2.33. The van der Waals surface area contributed by atoms with Crippen molar-refractivity contribution in [2.24, 2.45) is 11.8 Å². The van der Waals surface area contributed by atoms with E-state index in [1.165, 1.54) is 7.11 Å². The van der Waals surface area contributed by atoms with Crippen molar-refractivity contribution in [2.75, 3.05) is 21.3 Å². The van der Waals surface area contributed by atoms with Crippen LogP contribution in [-0.2, 0) is 23.7 Å². The number of carbonyl (C=O) groups excluding carboxylic acids is 1. The second-order valence-electron chi connectivity index (χ2n) is 4.48. The predicted molar refractivity (Wildman–Crippen MR) is 61.4 cm³/mol. The van der Waals surface area contributed by atoms with E-state index in [0.717, 1.165) is 0 Å². The Morgan fingerprint density at radius 3 is 2.24 bits per heavy atom. The lowest BCUT2D eigenvalue weighted by Gasteiger charge is -2.43. The van der Waals surface area contributed by atoms with E-state index in [-0.39, 0.29) is 42.7 Å². The second kappa shape index (κ2) is 6.33. The van der Waals surface area contributed by atoms with Crippen LogP contribution in [0.25, 0.3) is 0 Å². The second-order valence-corrected chi connectivity index (χ2v) is 4.48. The van der Waals surface area contributed by atoms with Crippen LogP contribution in [0.1, 0.15) is 20.3 Å². The topological polar surface area (TPSA) is 54.0 Å². The Balaban J connectivity index is 2.74. The van der Waals surface area contributed by atoms with Crippen LogP contribution in [0, 0.1) is 11.8 Å². The fourth-order valence-corrected chi connectivity index (χ4v) is 2.45. The molecule has 5 nitrogen and oxygen atoms in total. The highest BCUT2D eigenvalue weighted by molar-refractivity contribution is 5.69. The fraction of sp³-hybridized carbons (Fsp3) is 0.917. The molecule has 5 atom stereocenters. The summed E-state index contributed by atoms with van der Waals surface area (Å²) in [6.07, 6.45) is -0.327. The first-order chi connectivity index (χ1) is 8.04. The summed E-state index contributed by atoms with van der Waals surface area (Å²) in [6.45, 7) is 4.04. The third kappa shape index (κ3) is 3.18. The predicted octanol–water partition coefficient (Wildman–Crippen LogP) is 1.21. The minimum Gasteiger partial charge on any atom is -0.469 e. The van der Waals surface area contributed by atoms with Crippen LogP contribution in [0.5, 0.6) is 0 Å². The first kappa shape index (κ1) is 14.4. The van der Waals surface area contributed by atoms with Gasteiger partial charge in [-0.2, -0.15) is 0 Å². The molecule has 0 amide bonds. The smallest absolute Gasteiger partial charge is 0.308 e. The molecule has 0 saturated carbocycles. The molecule has 0 aromatic carbocycles. The number of carbonyl (C=O) groups is 1. The van der Waals surface area contributed by atoms with Gasteiger partial charge in [0, 0.05) is 26.1 Å². The zero-order valence-electron chi connectivity index (χ0n) is 11.1. The zero-order chi connectivity index (χ0) is 13.0. The van der Waals surface area contributed by atoms with E-state index in [1.54, 1.807) is 14.2 Å². The van der Waals surface area contributed by atoms with Gasteiger partial charge in [-0.3, -0.25) is 4.79 Å². The summed E-state index contributed by atoms with van der Waals surface area (Å²) in [5.74, 6) is -0.0180. The molecule has 0 aliphatic carbocycles. The fourth-order valence-electron chi connectivity index (χ4n) is 2.45. The molecule has 1 rings (SSSR count). The third-order valence-electron chi connectivity index (χ3n) is 3.46. The Labute approximate surface area is 102 Å². The van der Waals surface area contributed by atoms with Gasteiger partial charge in [0.05, 0.1) is 25.7 Å². The maximum absolute atomic E-state index is 11.3. The molecular weight excluding hydrogens is 224 g/mol. The number of hydrogen-bond donors (Lipinski definition) is 0. The van der Waals surface area contributed by atoms with E-state index in [9.17, 15) is 4.79 Å². The number of hydrogen-bond acceptors (Lipinski definition) is 5. The Kier molecular flexibility index (Phi) is 5.36. The summed E-state index contributed by atoms with van der Waals surface area (Å²) < 4.78 is 21.2. The zero-order valence-corrected chi connectivity index (χ0v) is 11.1. The van der Waals surface area contributed by atoms with E-state index in [1.807, 2.05) is 13.8 Å². The van der Waals surface area contributed by atoms with Crippen LogP contribution in [0.15, 0.2) is 0 Å². The molecule has 5 heteroatoms. The normalized spacial score (nSPS) is 37.8. The molecule has 0 bridgehead atoms. The quantitative estimate of drug-likeness (QED) is 0.698. The highest BCUT2D eigenvalue weighted by Gasteiger charge is 2.42. The lowest BCUT2D eigenvalue weighted by Crippen LogP contribution is -2.51. The summed E-state index contributed by atoms with van der Waals surface area (Å²) in [5, 5.41) is 0. The van der Waals surface area contributed by atoms with E-state index in [0.29, 0.717) is 0 Å². The van der Waals surface area contributed by atoms with Crippen LogP contribution in [0.2, 0.25) is 0 Å². The lowest BCUT2D eigenvalue weighted by molar-refractivity contribution is -0.258. The number of rotatable bonds is 4. The average Bonchev–Trinajstić information content (AvgIpc) is 2.33. The summed E-state index contributed by atoms with van der Waals surface area (Å²) in [6, 6.07) is 0. The molecule has 0 N–H and O–H groups in total. The van der Waals surface area contributed by atoms with Crippen LogP contribution < -0.4 is 0 Å². The number of methoxy groups -OCH3 is 3.